The quantitative estimate of drug-likeness (QED) is 0.877. The molecule has 2 aromatic heterocycles. The van der Waals surface area contributed by atoms with Crippen molar-refractivity contribution in [1.29, 1.82) is 0 Å². The highest BCUT2D eigenvalue weighted by Crippen LogP contribution is 2.20. The first-order valence-corrected chi connectivity index (χ1v) is 7.90. The predicted octanol–water partition coefficient (Wildman–Crippen LogP) is 1.68. The zero-order chi connectivity index (χ0) is 16.1. The molecule has 0 radical (unpaired) electrons. The lowest BCUT2D eigenvalue weighted by Crippen LogP contribution is -2.40. The van der Waals surface area contributed by atoms with Gasteiger partial charge in [0.2, 0.25) is 5.91 Å². The molecule has 6 nitrogen and oxygen atoms in total. The highest BCUT2D eigenvalue weighted by atomic mass is 16.5. The molecule has 122 valence electrons. The van der Waals surface area contributed by atoms with Crippen LogP contribution in [-0.4, -0.2) is 35.3 Å². The van der Waals surface area contributed by atoms with Crippen molar-refractivity contribution >= 4 is 5.91 Å². The van der Waals surface area contributed by atoms with Crippen LogP contribution in [0.1, 0.15) is 23.6 Å². The highest BCUT2D eigenvalue weighted by molar-refractivity contribution is 5.76. The summed E-state index contributed by atoms with van der Waals surface area (Å²) < 4.78 is 10.8. The van der Waals surface area contributed by atoms with Crippen LogP contribution < -0.4 is 5.32 Å². The van der Waals surface area contributed by atoms with Gasteiger partial charge in [-0.15, -0.1) is 0 Å². The minimum absolute atomic E-state index is 0.0247. The number of amides is 1. The number of carbonyl (C=O) groups is 1. The summed E-state index contributed by atoms with van der Waals surface area (Å²) in [6.45, 7) is 3.08. The van der Waals surface area contributed by atoms with Crippen LogP contribution in [-0.2, 0) is 22.4 Å². The van der Waals surface area contributed by atoms with Crippen LogP contribution >= 0.6 is 0 Å². The third-order valence-electron chi connectivity index (χ3n) is 4.02. The fraction of sp³-hybridized carbons (Fsp3) is 0.471. The van der Waals surface area contributed by atoms with Crippen LogP contribution in [0.15, 0.2) is 35.0 Å². The van der Waals surface area contributed by atoms with Crippen LogP contribution in [0, 0.1) is 12.8 Å². The number of aromatic nitrogens is 2. The molecule has 0 saturated carbocycles. The molecule has 0 aromatic carbocycles. The van der Waals surface area contributed by atoms with Gasteiger partial charge >= 0.3 is 0 Å². The molecule has 1 aliphatic heterocycles. The molecule has 3 heterocycles. The zero-order valence-electron chi connectivity index (χ0n) is 13.2. The lowest BCUT2D eigenvalue weighted by Gasteiger charge is -2.18. The van der Waals surface area contributed by atoms with Gasteiger partial charge in [0.15, 0.2) is 0 Å². The maximum absolute atomic E-state index is 12.1. The van der Waals surface area contributed by atoms with E-state index in [1.165, 1.54) is 0 Å². The smallest absolute Gasteiger partial charge is 0.220 e. The zero-order valence-corrected chi connectivity index (χ0v) is 13.2. The van der Waals surface area contributed by atoms with Crippen LogP contribution in [0.3, 0.4) is 0 Å². The summed E-state index contributed by atoms with van der Waals surface area (Å²) in [7, 11) is 0. The van der Waals surface area contributed by atoms with Crippen molar-refractivity contribution in [2.45, 2.75) is 32.2 Å². The first kappa shape index (κ1) is 15.7. The van der Waals surface area contributed by atoms with Crippen molar-refractivity contribution in [3.8, 4) is 0 Å². The molecule has 0 bridgehead atoms. The molecule has 1 aliphatic rings. The number of carbonyl (C=O) groups excluding carboxylic acids is 1. The van der Waals surface area contributed by atoms with E-state index in [-0.39, 0.29) is 17.9 Å². The first-order chi connectivity index (χ1) is 11.2. The Morgan fingerprint density at radius 3 is 3.04 bits per heavy atom. The molecule has 1 saturated heterocycles. The predicted molar refractivity (Wildman–Crippen MR) is 83.7 cm³/mol. The largest absolute Gasteiger partial charge is 0.379 e. The van der Waals surface area contributed by atoms with E-state index in [1.54, 1.807) is 6.20 Å². The van der Waals surface area contributed by atoms with Gasteiger partial charge in [-0.25, -0.2) is 0 Å². The van der Waals surface area contributed by atoms with Gasteiger partial charge in [-0.1, -0.05) is 11.2 Å². The van der Waals surface area contributed by atoms with Gasteiger partial charge in [0.25, 0.3) is 0 Å². The molecule has 2 atom stereocenters. The fourth-order valence-corrected chi connectivity index (χ4v) is 2.80. The number of nitrogens with zero attached hydrogens (tertiary/aromatic N) is 2. The van der Waals surface area contributed by atoms with E-state index in [4.69, 9.17) is 9.26 Å². The number of hydrogen-bond acceptors (Lipinski definition) is 5. The molecular weight excluding hydrogens is 294 g/mol. The van der Waals surface area contributed by atoms with E-state index in [9.17, 15) is 4.79 Å². The Kier molecular flexibility index (Phi) is 5.02. The number of pyridine rings is 1. The summed E-state index contributed by atoms with van der Waals surface area (Å²) in [5, 5.41) is 6.97. The van der Waals surface area contributed by atoms with Crippen molar-refractivity contribution < 1.29 is 14.1 Å². The van der Waals surface area contributed by atoms with E-state index >= 15 is 0 Å². The van der Waals surface area contributed by atoms with Crippen molar-refractivity contribution in [3.63, 3.8) is 0 Å². The van der Waals surface area contributed by atoms with Crippen molar-refractivity contribution in [3.05, 3.63) is 47.6 Å². The Bertz CT molecular complexity index is 642. The standard InChI is InChI=1S/C17H21N3O3/c1-12-8-15(23-20-12)9-13-10-22-11-16(13)19-17(21)6-5-14-4-2-3-7-18-14/h2-4,7-8,13,16H,5-6,9-11H2,1H3,(H,19,21)/t13-,16+/m1/s1. The minimum atomic E-state index is 0.0247. The summed E-state index contributed by atoms with van der Waals surface area (Å²) in [6.07, 6.45) is 3.55. The molecule has 3 rings (SSSR count). The molecule has 1 amide bonds. The first-order valence-electron chi connectivity index (χ1n) is 7.90. The highest BCUT2D eigenvalue weighted by Gasteiger charge is 2.30. The van der Waals surface area contributed by atoms with Crippen molar-refractivity contribution in [2.24, 2.45) is 5.92 Å². The molecule has 6 heteroatoms. The summed E-state index contributed by atoms with van der Waals surface area (Å²) in [6, 6.07) is 7.69. The topological polar surface area (TPSA) is 77.2 Å². The number of aryl methyl sites for hydroxylation is 2. The van der Waals surface area contributed by atoms with Gasteiger partial charge in [0, 0.05) is 36.7 Å². The number of nitrogens with one attached hydrogen (secondary N) is 1. The summed E-state index contributed by atoms with van der Waals surface area (Å²) >= 11 is 0. The second-order valence-corrected chi connectivity index (χ2v) is 5.93. The lowest BCUT2D eigenvalue weighted by atomic mass is 9.98. The Morgan fingerprint density at radius 2 is 2.30 bits per heavy atom. The molecule has 0 aliphatic carbocycles. The van der Waals surface area contributed by atoms with Gasteiger partial charge in [-0.3, -0.25) is 9.78 Å². The summed E-state index contributed by atoms with van der Waals surface area (Å²) in [5.41, 5.74) is 1.80. The number of ether oxygens (including phenoxy) is 1. The Labute approximate surface area is 135 Å². The van der Waals surface area contributed by atoms with E-state index in [0.29, 0.717) is 26.1 Å². The van der Waals surface area contributed by atoms with E-state index < -0.39 is 0 Å². The van der Waals surface area contributed by atoms with Crippen LogP contribution in [0.4, 0.5) is 0 Å². The van der Waals surface area contributed by atoms with E-state index in [1.807, 2.05) is 31.2 Å². The third-order valence-corrected chi connectivity index (χ3v) is 4.02. The Hall–Kier alpha value is -2.21. The molecule has 23 heavy (non-hydrogen) atoms. The molecule has 1 fully saturated rings. The van der Waals surface area contributed by atoms with Gasteiger partial charge in [0.1, 0.15) is 5.76 Å². The minimum Gasteiger partial charge on any atom is -0.379 e. The maximum Gasteiger partial charge on any atom is 0.220 e. The Morgan fingerprint density at radius 1 is 1.39 bits per heavy atom. The average molecular weight is 315 g/mol. The van der Waals surface area contributed by atoms with Gasteiger partial charge < -0.3 is 14.6 Å². The molecule has 0 unspecified atom stereocenters. The lowest BCUT2D eigenvalue weighted by molar-refractivity contribution is -0.122. The second kappa shape index (κ2) is 7.37. The monoisotopic (exact) mass is 315 g/mol. The fourth-order valence-electron chi connectivity index (χ4n) is 2.80. The molecule has 0 spiro atoms. The molecular formula is C17H21N3O3. The third kappa shape index (κ3) is 4.39. The molecule has 2 aromatic rings. The van der Waals surface area contributed by atoms with Crippen molar-refractivity contribution in [1.82, 2.24) is 15.5 Å². The van der Waals surface area contributed by atoms with E-state index in [2.05, 4.69) is 15.5 Å². The summed E-state index contributed by atoms with van der Waals surface area (Å²) in [4.78, 5) is 16.4. The van der Waals surface area contributed by atoms with Crippen LogP contribution in [0.25, 0.3) is 0 Å². The SMILES string of the molecule is Cc1cc(C[C@@H]2COC[C@@H]2NC(=O)CCc2ccccn2)on1. The van der Waals surface area contributed by atoms with E-state index in [0.717, 1.165) is 23.6 Å². The van der Waals surface area contributed by atoms with Gasteiger partial charge in [0.05, 0.1) is 24.9 Å². The molecule has 1 N–H and O–H groups in total. The normalized spacial score (nSPS) is 20.6. The number of rotatable bonds is 6. The van der Waals surface area contributed by atoms with Crippen LogP contribution in [0.2, 0.25) is 0 Å². The average Bonchev–Trinajstić information content (AvgIpc) is 3.16. The second-order valence-electron chi connectivity index (χ2n) is 5.93. The van der Waals surface area contributed by atoms with Crippen LogP contribution in [0.5, 0.6) is 0 Å². The van der Waals surface area contributed by atoms with Gasteiger partial charge in [-0.05, 0) is 25.5 Å². The summed E-state index contributed by atoms with van der Waals surface area (Å²) in [5.74, 6) is 1.09. The number of hydrogen-bond donors (Lipinski definition) is 1. The Balaban J connectivity index is 1.49. The maximum atomic E-state index is 12.1. The van der Waals surface area contributed by atoms with Gasteiger partial charge in [-0.2, -0.15) is 0 Å². The van der Waals surface area contributed by atoms with Crippen molar-refractivity contribution in [2.75, 3.05) is 13.2 Å².